The summed E-state index contributed by atoms with van der Waals surface area (Å²) in [4.78, 5) is 30.4. The lowest BCUT2D eigenvalue weighted by Gasteiger charge is -2.28. The minimum Gasteiger partial charge on any atom is -0.507 e. The summed E-state index contributed by atoms with van der Waals surface area (Å²) in [6.45, 7) is 9.66. The largest absolute Gasteiger partial charge is 0.507 e. The van der Waals surface area contributed by atoms with E-state index in [-0.39, 0.29) is 16.9 Å². The summed E-state index contributed by atoms with van der Waals surface area (Å²) >= 11 is 0. The highest BCUT2D eigenvalue weighted by atomic mass is 19.1. The number of amides is 1. The Kier molecular flexibility index (Phi) is 6.74. The Hall–Kier alpha value is -3.93. The van der Waals surface area contributed by atoms with E-state index in [9.17, 15) is 19.1 Å². The van der Waals surface area contributed by atoms with E-state index in [1.807, 2.05) is 56.3 Å². The highest BCUT2D eigenvalue weighted by Gasteiger charge is 2.47. The van der Waals surface area contributed by atoms with E-state index in [4.69, 9.17) is 0 Å². The molecular weight excluding hydrogens is 443 g/mol. The van der Waals surface area contributed by atoms with Crippen molar-refractivity contribution in [2.24, 2.45) is 0 Å². The van der Waals surface area contributed by atoms with Gasteiger partial charge in [0.25, 0.3) is 11.7 Å². The maximum atomic E-state index is 13.5. The molecule has 0 bridgehead atoms. The number of aryl methyl sites for hydroxylation is 2. The standard InChI is InChI=1S/C29H29FN2O3/c1-5-31(6-2)23-15-11-20(12-16-23)26-25(27(33)21-9-13-22(30)14-10-21)28(34)29(35)32(26)24-17-18(3)7-8-19(24)4/h7-17,26,33H,5-6H2,1-4H3/b27-25+. The number of rotatable bonds is 6. The van der Waals surface area contributed by atoms with Gasteiger partial charge < -0.3 is 10.0 Å². The van der Waals surface area contributed by atoms with Crippen LogP contribution in [0.1, 0.15) is 42.1 Å². The first-order valence-electron chi connectivity index (χ1n) is 11.8. The van der Waals surface area contributed by atoms with Crippen LogP contribution in [0.15, 0.2) is 72.3 Å². The number of carbonyl (C=O) groups excluding carboxylic acids is 2. The van der Waals surface area contributed by atoms with Crippen LogP contribution in [0.5, 0.6) is 0 Å². The van der Waals surface area contributed by atoms with Crippen LogP contribution in [-0.2, 0) is 9.59 Å². The molecule has 1 unspecified atom stereocenters. The lowest BCUT2D eigenvalue weighted by molar-refractivity contribution is -0.132. The molecule has 6 heteroatoms. The molecule has 1 fully saturated rings. The molecule has 0 aliphatic carbocycles. The number of ketones is 1. The number of hydrogen-bond donors (Lipinski definition) is 1. The van der Waals surface area contributed by atoms with Crippen LogP contribution in [-0.4, -0.2) is 29.9 Å². The highest BCUT2D eigenvalue weighted by Crippen LogP contribution is 2.43. The van der Waals surface area contributed by atoms with E-state index in [1.165, 1.54) is 29.2 Å². The van der Waals surface area contributed by atoms with Gasteiger partial charge in [0, 0.05) is 30.0 Å². The number of Topliss-reactive ketones (excluding diaryl/α,β-unsaturated/α-hetero) is 1. The molecule has 3 aromatic rings. The van der Waals surface area contributed by atoms with Gasteiger partial charge in [0.05, 0.1) is 11.6 Å². The van der Waals surface area contributed by atoms with Crippen molar-refractivity contribution in [1.82, 2.24) is 0 Å². The van der Waals surface area contributed by atoms with Crippen LogP contribution in [0.3, 0.4) is 0 Å². The van der Waals surface area contributed by atoms with Crippen molar-refractivity contribution in [2.45, 2.75) is 33.7 Å². The van der Waals surface area contributed by atoms with Crippen molar-refractivity contribution in [3.63, 3.8) is 0 Å². The molecule has 3 aromatic carbocycles. The smallest absolute Gasteiger partial charge is 0.300 e. The van der Waals surface area contributed by atoms with Crippen LogP contribution in [0.2, 0.25) is 0 Å². The Labute approximate surface area is 205 Å². The van der Waals surface area contributed by atoms with Crippen molar-refractivity contribution >= 4 is 28.8 Å². The molecule has 1 N–H and O–H groups in total. The summed E-state index contributed by atoms with van der Waals surface area (Å²) < 4.78 is 13.5. The van der Waals surface area contributed by atoms with E-state index in [0.29, 0.717) is 11.3 Å². The summed E-state index contributed by atoms with van der Waals surface area (Å²) in [5.74, 6) is -2.26. The number of carbonyl (C=O) groups is 2. The average Bonchev–Trinajstić information content (AvgIpc) is 3.12. The molecule has 35 heavy (non-hydrogen) atoms. The number of halogens is 1. The maximum absolute atomic E-state index is 13.5. The number of hydrogen-bond acceptors (Lipinski definition) is 4. The fraction of sp³-hybridized carbons (Fsp3) is 0.241. The molecule has 1 amide bonds. The van der Waals surface area contributed by atoms with Gasteiger partial charge in [-0.25, -0.2) is 4.39 Å². The Morgan fingerprint density at radius 1 is 0.943 bits per heavy atom. The minimum absolute atomic E-state index is 0.0156. The van der Waals surface area contributed by atoms with E-state index < -0.39 is 23.5 Å². The number of aliphatic hydroxyl groups excluding tert-OH is 1. The molecular formula is C29H29FN2O3. The Bertz CT molecular complexity index is 1290. The zero-order chi connectivity index (χ0) is 25.3. The molecule has 180 valence electrons. The molecule has 0 radical (unpaired) electrons. The van der Waals surface area contributed by atoms with Crippen molar-refractivity contribution in [2.75, 3.05) is 22.9 Å². The third-order valence-corrected chi connectivity index (χ3v) is 6.52. The van der Waals surface area contributed by atoms with Crippen molar-refractivity contribution < 1.29 is 19.1 Å². The molecule has 1 saturated heterocycles. The Balaban J connectivity index is 1.93. The number of anilines is 2. The van der Waals surface area contributed by atoms with Gasteiger partial charge >= 0.3 is 0 Å². The third-order valence-electron chi connectivity index (χ3n) is 6.52. The molecule has 0 spiro atoms. The van der Waals surface area contributed by atoms with Gasteiger partial charge in [0.15, 0.2) is 0 Å². The predicted molar refractivity (Wildman–Crippen MR) is 137 cm³/mol. The van der Waals surface area contributed by atoms with E-state index >= 15 is 0 Å². The monoisotopic (exact) mass is 472 g/mol. The SMILES string of the molecule is CCN(CC)c1ccc(C2/C(=C(\O)c3ccc(F)cc3)C(=O)C(=O)N2c2cc(C)ccc2C)cc1. The van der Waals surface area contributed by atoms with Gasteiger partial charge in [-0.3, -0.25) is 14.5 Å². The lowest BCUT2D eigenvalue weighted by Crippen LogP contribution is -2.30. The zero-order valence-electron chi connectivity index (χ0n) is 20.4. The van der Waals surface area contributed by atoms with Gasteiger partial charge in [-0.15, -0.1) is 0 Å². The molecule has 1 heterocycles. The molecule has 0 saturated carbocycles. The lowest BCUT2D eigenvalue weighted by atomic mass is 9.94. The molecule has 1 aliphatic rings. The molecule has 1 atom stereocenters. The van der Waals surface area contributed by atoms with Crippen molar-refractivity contribution in [3.8, 4) is 0 Å². The summed E-state index contributed by atoms with van der Waals surface area (Å²) in [5.41, 5.74) is 4.38. The van der Waals surface area contributed by atoms with Gasteiger partial charge in [-0.05, 0) is 86.8 Å². The molecule has 0 aromatic heterocycles. The zero-order valence-corrected chi connectivity index (χ0v) is 20.4. The van der Waals surface area contributed by atoms with Crippen LogP contribution in [0, 0.1) is 19.7 Å². The predicted octanol–water partition coefficient (Wildman–Crippen LogP) is 5.92. The van der Waals surface area contributed by atoms with Crippen LogP contribution in [0.4, 0.5) is 15.8 Å². The first kappa shape index (κ1) is 24.2. The molecule has 1 aliphatic heterocycles. The van der Waals surface area contributed by atoms with Crippen LogP contribution in [0.25, 0.3) is 5.76 Å². The Morgan fingerprint density at radius 2 is 1.57 bits per heavy atom. The van der Waals surface area contributed by atoms with Crippen LogP contribution < -0.4 is 9.80 Å². The molecule has 4 rings (SSSR count). The average molecular weight is 473 g/mol. The van der Waals surface area contributed by atoms with Crippen molar-refractivity contribution in [1.29, 1.82) is 0 Å². The van der Waals surface area contributed by atoms with Crippen LogP contribution >= 0.6 is 0 Å². The van der Waals surface area contributed by atoms with E-state index in [2.05, 4.69) is 18.7 Å². The summed E-state index contributed by atoms with van der Waals surface area (Å²) in [6.07, 6.45) is 0. The molecule has 5 nitrogen and oxygen atoms in total. The first-order valence-corrected chi connectivity index (χ1v) is 11.8. The second kappa shape index (κ2) is 9.74. The number of nitrogens with zero attached hydrogens (tertiary/aromatic N) is 2. The number of benzene rings is 3. The fourth-order valence-electron chi connectivity index (χ4n) is 4.59. The van der Waals surface area contributed by atoms with E-state index in [1.54, 1.807) is 0 Å². The van der Waals surface area contributed by atoms with Gasteiger partial charge in [-0.1, -0.05) is 24.3 Å². The van der Waals surface area contributed by atoms with Gasteiger partial charge in [0.2, 0.25) is 0 Å². The second-order valence-corrected chi connectivity index (χ2v) is 8.73. The second-order valence-electron chi connectivity index (χ2n) is 8.73. The Morgan fingerprint density at radius 3 is 2.17 bits per heavy atom. The topological polar surface area (TPSA) is 60.9 Å². The van der Waals surface area contributed by atoms with Gasteiger partial charge in [-0.2, -0.15) is 0 Å². The normalized spacial score (nSPS) is 17.2. The summed E-state index contributed by atoms with van der Waals surface area (Å²) in [5, 5.41) is 11.2. The highest BCUT2D eigenvalue weighted by molar-refractivity contribution is 6.51. The first-order chi connectivity index (χ1) is 16.8. The fourth-order valence-corrected chi connectivity index (χ4v) is 4.59. The van der Waals surface area contributed by atoms with Crippen molar-refractivity contribution in [3.05, 3.63) is 100 Å². The summed E-state index contributed by atoms with van der Waals surface area (Å²) in [6, 6.07) is 17.8. The van der Waals surface area contributed by atoms with Gasteiger partial charge in [0.1, 0.15) is 11.6 Å². The maximum Gasteiger partial charge on any atom is 0.300 e. The quantitative estimate of drug-likeness (QED) is 0.275. The van der Waals surface area contributed by atoms with E-state index in [0.717, 1.165) is 29.9 Å². The number of aliphatic hydroxyl groups is 1. The summed E-state index contributed by atoms with van der Waals surface area (Å²) in [7, 11) is 0. The third kappa shape index (κ3) is 4.44. The minimum atomic E-state index is -0.827.